The number of ether oxygens (including phenoxy) is 2. The lowest BCUT2D eigenvalue weighted by molar-refractivity contribution is 0.0231. The quantitative estimate of drug-likeness (QED) is 0.532. The van der Waals surface area contributed by atoms with Gasteiger partial charge in [0.15, 0.2) is 5.78 Å². The van der Waals surface area contributed by atoms with E-state index in [1.165, 1.54) is 22.7 Å². The van der Waals surface area contributed by atoms with Crippen molar-refractivity contribution in [3.63, 3.8) is 0 Å². The van der Waals surface area contributed by atoms with Gasteiger partial charge in [0.1, 0.15) is 11.2 Å². The molecule has 0 fully saturated rings. The molecule has 1 atom stereocenters. The van der Waals surface area contributed by atoms with Gasteiger partial charge in [-0.2, -0.15) is 0 Å². The van der Waals surface area contributed by atoms with Crippen LogP contribution in [0.1, 0.15) is 58.8 Å². The molecule has 0 aliphatic rings. The van der Waals surface area contributed by atoms with Crippen molar-refractivity contribution < 1.29 is 23.9 Å². The number of carbonyl (C=O) groups excluding carboxylic acids is 3. The number of hydrogen-bond acceptors (Lipinski definition) is 5. The van der Waals surface area contributed by atoms with Crippen molar-refractivity contribution in [3.05, 3.63) is 34.4 Å². The van der Waals surface area contributed by atoms with E-state index in [1.807, 2.05) is 0 Å². The number of aromatic nitrogens is 1. The predicted molar refractivity (Wildman–Crippen MR) is 119 cm³/mol. The Bertz CT molecular complexity index is 982. The van der Waals surface area contributed by atoms with Gasteiger partial charge in [0.05, 0.1) is 11.6 Å². The number of nitrogens with zero attached hydrogens (tertiary/aromatic N) is 2. The van der Waals surface area contributed by atoms with Gasteiger partial charge in [0, 0.05) is 28.7 Å². The van der Waals surface area contributed by atoms with Crippen LogP contribution in [0.4, 0.5) is 9.59 Å². The molecule has 7 nitrogen and oxygen atoms in total. The fourth-order valence-corrected chi connectivity index (χ4v) is 3.11. The van der Waals surface area contributed by atoms with Crippen LogP contribution in [0.2, 0.25) is 0 Å². The summed E-state index contributed by atoms with van der Waals surface area (Å²) in [6.45, 7) is 12.2. The lowest BCUT2D eigenvalue weighted by atomic mass is 10.0. The number of ketones is 1. The highest BCUT2D eigenvalue weighted by molar-refractivity contribution is 9.10. The number of fused-ring (bicyclic) bond motifs is 1. The number of likely N-dealkylation sites (N-methyl/N-ethyl adjacent to an activating group) is 1. The fourth-order valence-electron chi connectivity index (χ4n) is 2.75. The normalized spacial score (nSPS) is 13.1. The highest BCUT2D eigenvalue weighted by Crippen LogP contribution is 2.28. The summed E-state index contributed by atoms with van der Waals surface area (Å²) in [4.78, 5) is 39.6. The molecular formula is C22H29BrN2O5. The molecule has 1 amide bonds. The van der Waals surface area contributed by atoms with Crippen LogP contribution in [0, 0.1) is 0 Å². The van der Waals surface area contributed by atoms with E-state index in [0.29, 0.717) is 16.5 Å². The standard InChI is InChI=1S/C22H29BrN2O5/c1-13(24(8)19(27)29-21(2,3)4)18(26)16-12-25(20(28)30-22(5,6)7)17-10-9-14(23)11-15(16)17/h9-13H,1-8H3/t13-/m0/s1. The molecule has 2 rings (SSSR count). The first-order chi connectivity index (χ1) is 13.6. The molecule has 8 heteroatoms. The maximum absolute atomic E-state index is 13.3. The van der Waals surface area contributed by atoms with Crippen molar-refractivity contribution in [2.45, 2.75) is 65.7 Å². The lowest BCUT2D eigenvalue weighted by Crippen LogP contribution is -2.43. The zero-order valence-electron chi connectivity index (χ0n) is 18.7. The van der Waals surface area contributed by atoms with Gasteiger partial charge < -0.3 is 14.4 Å². The second-order valence-electron chi connectivity index (χ2n) is 9.19. The van der Waals surface area contributed by atoms with E-state index in [9.17, 15) is 14.4 Å². The van der Waals surface area contributed by atoms with Crippen LogP contribution in [0.5, 0.6) is 0 Å². The Morgan fingerprint density at radius 2 is 1.60 bits per heavy atom. The van der Waals surface area contributed by atoms with Gasteiger partial charge in [0.2, 0.25) is 0 Å². The van der Waals surface area contributed by atoms with Gasteiger partial charge in [-0.25, -0.2) is 9.59 Å². The molecule has 1 aromatic heterocycles. The fraction of sp³-hybridized carbons (Fsp3) is 0.500. The highest BCUT2D eigenvalue weighted by atomic mass is 79.9. The van der Waals surface area contributed by atoms with Crippen LogP contribution in [0.15, 0.2) is 28.9 Å². The summed E-state index contributed by atoms with van der Waals surface area (Å²) in [7, 11) is 1.51. The Balaban J connectivity index is 2.45. The summed E-state index contributed by atoms with van der Waals surface area (Å²) in [5.74, 6) is -0.311. The minimum Gasteiger partial charge on any atom is -0.444 e. The Morgan fingerprint density at radius 1 is 1.03 bits per heavy atom. The third-order valence-electron chi connectivity index (χ3n) is 4.26. The minimum absolute atomic E-state index is 0.311. The van der Waals surface area contributed by atoms with Crippen LogP contribution < -0.4 is 0 Å². The Hall–Kier alpha value is -2.35. The zero-order chi connectivity index (χ0) is 23.0. The van der Waals surface area contributed by atoms with Gasteiger partial charge in [-0.3, -0.25) is 9.36 Å². The molecule has 0 radical (unpaired) electrons. The van der Waals surface area contributed by atoms with Crippen molar-refractivity contribution in [1.82, 2.24) is 9.47 Å². The van der Waals surface area contributed by atoms with Crippen molar-refractivity contribution in [2.75, 3.05) is 7.05 Å². The monoisotopic (exact) mass is 480 g/mol. The topological polar surface area (TPSA) is 77.8 Å². The molecule has 0 bridgehead atoms. The molecule has 0 N–H and O–H groups in total. The number of benzene rings is 1. The summed E-state index contributed by atoms with van der Waals surface area (Å²) in [6.07, 6.45) is 0.287. The molecule has 30 heavy (non-hydrogen) atoms. The predicted octanol–water partition coefficient (Wildman–Crippen LogP) is 5.63. The van der Waals surface area contributed by atoms with E-state index in [-0.39, 0.29) is 5.78 Å². The van der Waals surface area contributed by atoms with Gasteiger partial charge in [-0.15, -0.1) is 0 Å². The Kier molecular flexibility index (Phi) is 6.71. The van der Waals surface area contributed by atoms with Crippen LogP contribution in [-0.2, 0) is 9.47 Å². The van der Waals surface area contributed by atoms with Crippen molar-refractivity contribution >= 4 is 44.8 Å². The lowest BCUT2D eigenvalue weighted by Gasteiger charge is -2.28. The number of carbonyl (C=O) groups is 3. The molecular weight excluding hydrogens is 452 g/mol. The maximum Gasteiger partial charge on any atom is 0.419 e. The van der Waals surface area contributed by atoms with Gasteiger partial charge in [0.25, 0.3) is 0 Å². The minimum atomic E-state index is -0.795. The molecule has 2 aromatic rings. The molecule has 164 valence electrons. The van der Waals surface area contributed by atoms with Gasteiger partial charge in [-0.1, -0.05) is 15.9 Å². The average Bonchev–Trinajstić information content (AvgIpc) is 2.95. The number of rotatable bonds is 3. The third kappa shape index (κ3) is 5.62. The number of amides is 1. The summed E-state index contributed by atoms with van der Waals surface area (Å²) in [5.41, 5.74) is -0.494. The van der Waals surface area contributed by atoms with E-state index >= 15 is 0 Å². The third-order valence-corrected chi connectivity index (χ3v) is 4.76. The van der Waals surface area contributed by atoms with E-state index in [4.69, 9.17) is 9.47 Å². The second kappa shape index (κ2) is 8.41. The Labute approximate surface area is 185 Å². The van der Waals surface area contributed by atoms with E-state index in [1.54, 1.807) is 66.7 Å². The largest absolute Gasteiger partial charge is 0.444 e. The second-order valence-corrected chi connectivity index (χ2v) is 10.1. The van der Waals surface area contributed by atoms with Crippen LogP contribution >= 0.6 is 15.9 Å². The first-order valence-electron chi connectivity index (χ1n) is 9.65. The summed E-state index contributed by atoms with van der Waals surface area (Å²) >= 11 is 3.41. The van der Waals surface area contributed by atoms with Gasteiger partial charge >= 0.3 is 12.2 Å². The molecule has 0 saturated carbocycles. The van der Waals surface area contributed by atoms with Gasteiger partial charge in [-0.05, 0) is 66.7 Å². The summed E-state index contributed by atoms with van der Waals surface area (Å²) in [6, 6.07) is 4.50. The Morgan fingerprint density at radius 3 is 2.13 bits per heavy atom. The molecule has 0 saturated heterocycles. The first kappa shape index (κ1) is 23.9. The highest BCUT2D eigenvalue weighted by Gasteiger charge is 2.30. The molecule has 1 aromatic carbocycles. The van der Waals surface area contributed by atoms with E-state index < -0.39 is 29.4 Å². The van der Waals surface area contributed by atoms with Crippen molar-refractivity contribution in [2.24, 2.45) is 0 Å². The number of Topliss-reactive ketones (excluding diaryl/α,β-unsaturated/α-hetero) is 1. The maximum atomic E-state index is 13.3. The van der Waals surface area contributed by atoms with E-state index in [2.05, 4.69) is 15.9 Å². The molecule has 0 unspecified atom stereocenters. The molecule has 1 heterocycles. The smallest absolute Gasteiger partial charge is 0.419 e. The molecule has 0 aliphatic carbocycles. The van der Waals surface area contributed by atoms with Crippen molar-refractivity contribution in [1.29, 1.82) is 0 Å². The zero-order valence-corrected chi connectivity index (χ0v) is 20.3. The van der Waals surface area contributed by atoms with Crippen LogP contribution in [0.25, 0.3) is 10.9 Å². The van der Waals surface area contributed by atoms with Crippen molar-refractivity contribution in [3.8, 4) is 0 Å². The molecule has 0 aliphatic heterocycles. The molecule has 0 spiro atoms. The summed E-state index contributed by atoms with van der Waals surface area (Å²) < 4.78 is 12.9. The summed E-state index contributed by atoms with van der Waals surface area (Å²) in [5, 5.41) is 0.588. The average molecular weight is 481 g/mol. The SMILES string of the molecule is C[C@@H](C(=O)c1cn(C(=O)OC(C)(C)C)c2ccc(Br)cc12)N(C)C(=O)OC(C)(C)C. The van der Waals surface area contributed by atoms with E-state index in [0.717, 1.165) is 4.47 Å². The number of halogens is 1. The number of hydrogen-bond donors (Lipinski definition) is 0. The van der Waals surface area contributed by atoms with Crippen LogP contribution in [-0.4, -0.2) is 51.7 Å². The first-order valence-corrected chi connectivity index (χ1v) is 10.4. The van der Waals surface area contributed by atoms with Crippen LogP contribution in [0.3, 0.4) is 0 Å².